The summed E-state index contributed by atoms with van der Waals surface area (Å²) in [5.74, 6) is -1.27. The van der Waals surface area contributed by atoms with Gasteiger partial charge in [-0.15, -0.1) is 0 Å². The maximum Gasteiger partial charge on any atom is 0.335 e. The van der Waals surface area contributed by atoms with E-state index in [1.54, 1.807) is 18.2 Å². The SMILES string of the molecule is CCCCN1CCc2cc(/C=C3\C(=O)NC(=O)N(c4cc(C)cc(C)c4)C3=O)ccc21. The summed E-state index contributed by atoms with van der Waals surface area (Å²) in [4.78, 5) is 41.5. The van der Waals surface area contributed by atoms with Crippen molar-refractivity contribution in [3.05, 3.63) is 64.2 Å². The van der Waals surface area contributed by atoms with E-state index >= 15 is 0 Å². The summed E-state index contributed by atoms with van der Waals surface area (Å²) in [6.07, 6.45) is 4.84. The number of nitrogens with zero attached hydrogens (tertiary/aromatic N) is 2. The first-order chi connectivity index (χ1) is 14.9. The quantitative estimate of drug-likeness (QED) is 0.587. The van der Waals surface area contributed by atoms with E-state index in [1.807, 2.05) is 32.0 Å². The van der Waals surface area contributed by atoms with Crippen molar-refractivity contribution in [1.29, 1.82) is 0 Å². The highest BCUT2D eigenvalue weighted by molar-refractivity contribution is 6.39. The standard InChI is InChI=1S/C25H27N3O3/c1-4-5-9-27-10-8-19-14-18(6-7-22(19)27)15-21-23(29)26-25(31)28(24(21)30)20-12-16(2)11-17(3)13-20/h6-7,11-15H,4-5,8-10H2,1-3H3,(H,26,29,31)/b21-15+. The normalized spacial score (nSPS) is 17.4. The van der Waals surface area contributed by atoms with E-state index in [0.717, 1.165) is 53.9 Å². The van der Waals surface area contributed by atoms with Crippen LogP contribution in [0.2, 0.25) is 0 Å². The van der Waals surface area contributed by atoms with E-state index in [0.29, 0.717) is 5.69 Å². The lowest BCUT2D eigenvalue weighted by Gasteiger charge is -2.27. The number of rotatable bonds is 5. The van der Waals surface area contributed by atoms with Crippen molar-refractivity contribution in [1.82, 2.24) is 5.32 Å². The Balaban J connectivity index is 1.65. The lowest BCUT2D eigenvalue weighted by molar-refractivity contribution is -0.122. The molecule has 0 bridgehead atoms. The molecule has 0 atom stereocenters. The summed E-state index contributed by atoms with van der Waals surface area (Å²) >= 11 is 0. The Labute approximate surface area is 182 Å². The average molecular weight is 418 g/mol. The summed E-state index contributed by atoms with van der Waals surface area (Å²) in [5, 5.41) is 2.30. The summed E-state index contributed by atoms with van der Waals surface area (Å²) < 4.78 is 0. The van der Waals surface area contributed by atoms with Gasteiger partial charge in [0.05, 0.1) is 5.69 Å². The number of unbranched alkanes of at least 4 members (excludes halogenated alkanes) is 1. The molecule has 0 aromatic heterocycles. The number of urea groups is 1. The number of carbonyl (C=O) groups is 3. The highest BCUT2D eigenvalue weighted by Crippen LogP contribution is 2.30. The second-order valence-corrected chi connectivity index (χ2v) is 8.28. The van der Waals surface area contributed by atoms with Crippen LogP contribution >= 0.6 is 0 Å². The third-order valence-corrected chi connectivity index (χ3v) is 5.75. The molecule has 2 aromatic rings. The molecule has 6 nitrogen and oxygen atoms in total. The Hall–Kier alpha value is -3.41. The first-order valence-electron chi connectivity index (χ1n) is 10.7. The van der Waals surface area contributed by atoms with Crippen molar-refractivity contribution in [3.8, 4) is 0 Å². The molecule has 4 amide bonds. The molecule has 2 heterocycles. The predicted octanol–water partition coefficient (Wildman–Crippen LogP) is 4.13. The van der Waals surface area contributed by atoms with Gasteiger partial charge in [-0.3, -0.25) is 14.9 Å². The number of hydrogen-bond acceptors (Lipinski definition) is 4. The number of nitrogens with one attached hydrogen (secondary N) is 1. The van der Waals surface area contributed by atoms with Crippen molar-refractivity contribution in [2.24, 2.45) is 0 Å². The van der Waals surface area contributed by atoms with Crippen LogP contribution in [0.4, 0.5) is 16.2 Å². The zero-order valence-corrected chi connectivity index (χ0v) is 18.2. The second-order valence-electron chi connectivity index (χ2n) is 8.28. The number of hydrogen-bond donors (Lipinski definition) is 1. The molecule has 0 unspecified atom stereocenters. The Morgan fingerprint density at radius 2 is 1.77 bits per heavy atom. The molecule has 0 spiro atoms. The summed E-state index contributed by atoms with van der Waals surface area (Å²) in [6.45, 7) is 8.02. The third kappa shape index (κ3) is 4.10. The molecule has 6 heteroatoms. The number of amides is 4. The van der Waals surface area contributed by atoms with Crippen molar-refractivity contribution >= 4 is 35.3 Å². The molecule has 4 rings (SSSR count). The first kappa shape index (κ1) is 20.8. The predicted molar refractivity (Wildman–Crippen MR) is 122 cm³/mol. The third-order valence-electron chi connectivity index (χ3n) is 5.75. The molecular weight excluding hydrogens is 390 g/mol. The molecule has 0 saturated carbocycles. The maximum absolute atomic E-state index is 13.1. The van der Waals surface area contributed by atoms with E-state index in [9.17, 15) is 14.4 Å². The van der Waals surface area contributed by atoms with Gasteiger partial charge in [-0.25, -0.2) is 9.69 Å². The van der Waals surface area contributed by atoms with Crippen molar-refractivity contribution in [2.75, 3.05) is 22.9 Å². The monoisotopic (exact) mass is 417 g/mol. The zero-order chi connectivity index (χ0) is 22.1. The molecule has 1 N–H and O–H groups in total. The number of fused-ring (bicyclic) bond motifs is 1. The van der Waals surface area contributed by atoms with E-state index in [4.69, 9.17) is 0 Å². The van der Waals surface area contributed by atoms with Crippen LogP contribution in [-0.2, 0) is 16.0 Å². The molecule has 0 radical (unpaired) electrons. The van der Waals surface area contributed by atoms with Crippen LogP contribution < -0.4 is 15.1 Å². The summed E-state index contributed by atoms with van der Waals surface area (Å²) in [5.41, 5.74) is 5.51. The lowest BCUT2D eigenvalue weighted by atomic mass is 10.0. The van der Waals surface area contributed by atoms with Crippen LogP contribution in [0.15, 0.2) is 42.0 Å². The average Bonchev–Trinajstić information content (AvgIpc) is 3.11. The van der Waals surface area contributed by atoms with Gasteiger partial charge in [0.25, 0.3) is 11.8 Å². The number of barbiturate groups is 1. The van der Waals surface area contributed by atoms with E-state index in [2.05, 4.69) is 23.2 Å². The van der Waals surface area contributed by atoms with Crippen LogP contribution in [0.1, 0.15) is 42.0 Å². The Morgan fingerprint density at radius 3 is 2.48 bits per heavy atom. The van der Waals surface area contributed by atoms with Gasteiger partial charge in [0, 0.05) is 18.8 Å². The highest BCUT2D eigenvalue weighted by Gasteiger charge is 2.37. The minimum atomic E-state index is -0.724. The molecule has 2 aliphatic rings. The molecule has 2 aliphatic heterocycles. The van der Waals surface area contributed by atoms with Crippen molar-refractivity contribution in [3.63, 3.8) is 0 Å². The largest absolute Gasteiger partial charge is 0.371 e. The Bertz CT molecular complexity index is 1080. The van der Waals surface area contributed by atoms with Gasteiger partial charge in [-0.2, -0.15) is 0 Å². The van der Waals surface area contributed by atoms with Crippen molar-refractivity contribution in [2.45, 2.75) is 40.0 Å². The fraction of sp³-hybridized carbons (Fsp3) is 0.320. The molecule has 2 aromatic carbocycles. The van der Waals surface area contributed by atoms with Crippen LogP contribution in [-0.4, -0.2) is 30.9 Å². The number of imide groups is 2. The maximum atomic E-state index is 13.1. The zero-order valence-electron chi connectivity index (χ0n) is 18.2. The topological polar surface area (TPSA) is 69.7 Å². The number of anilines is 2. The lowest BCUT2D eigenvalue weighted by Crippen LogP contribution is -2.54. The Morgan fingerprint density at radius 1 is 1.03 bits per heavy atom. The molecule has 160 valence electrons. The molecule has 1 saturated heterocycles. The van der Waals surface area contributed by atoms with Gasteiger partial charge in [0.2, 0.25) is 0 Å². The molecular formula is C25H27N3O3. The molecule has 31 heavy (non-hydrogen) atoms. The van der Waals surface area contributed by atoms with Crippen molar-refractivity contribution < 1.29 is 14.4 Å². The first-order valence-corrected chi connectivity index (χ1v) is 10.7. The van der Waals surface area contributed by atoms with Crippen LogP contribution in [0.5, 0.6) is 0 Å². The fourth-order valence-electron chi connectivity index (χ4n) is 4.30. The van der Waals surface area contributed by atoms with Gasteiger partial charge in [-0.05, 0) is 79.3 Å². The minimum Gasteiger partial charge on any atom is -0.371 e. The smallest absolute Gasteiger partial charge is 0.335 e. The highest BCUT2D eigenvalue weighted by atomic mass is 16.2. The van der Waals surface area contributed by atoms with Gasteiger partial charge in [0.1, 0.15) is 5.57 Å². The van der Waals surface area contributed by atoms with E-state index in [-0.39, 0.29) is 5.57 Å². The summed E-state index contributed by atoms with van der Waals surface area (Å²) in [6, 6.07) is 10.8. The molecule has 1 fully saturated rings. The number of benzene rings is 2. The van der Waals surface area contributed by atoms with Crippen LogP contribution in [0, 0.1) is 13.8 Å². The summed E-state index contributed by atoms with van der Waals surface area (Å²) in [7, 11) is 0. The Kier molecular flexibility index (Phi) is 5.63. The van der Waals surface area contributed by atoms with Gasteiger partial charge >= 0.3 is 6.03 Å². The van der Waals surface area contributed by atoms with Gasteiger partial charge in [-0.1, -0.05) is 25.5 Å². The van der Waals surface area contributed by atoms with Gasteiger partial charge in [0.15, 0.2) is 0 Å². The molecule has 0 aliphatic carbocycles. The minimum absolute atomic E-state index is 0.0421. The van der Waals surface area contributed by atoms with Crippen LogP contribution in [0.25, 0.3) is 6.08 Å². The van der Waals surface area contributed by atoms with E-state index < -0.39 is 17.8 Å². The number of carbonyl (C=O) groups excluding carboxylic acids is 3. The van der Waals surface area contributed by atoms with Crippen LogP contribution in [0.3, 0.4) is 0 Å². The number of aryl methyl sites for hydroxylation is 2. The van der Waals surface area contributed by atoms with Gasteiger partial charge < -0.3 is 4.90 Å². The second kappa shape index (κ2) is 8.38. The fourth-order valence-corrected chi connectivity index (χ4v) is 4.30. The van der Waals surface area contributed by atoms with E-state index in [1.165, 1.54) is 11.3 Å².